The summed E-state index contributed by atoms with van der Waals surface area (Å²) in [7, 11) is 0. The highest BCUT2D eigenvalue weighted by Crippen LogP contribution is 2.38. The van der Waals surface area contributed by atoms with E-state index >= 15 is 0 Å². The van der Waals surface area contributed by atoms with E-state index in [9.17, 15) is 4.79 Å². The predicted octanol–water partition coefficient (Wildman–Crippen LogP) is 1.99. The lowest BCUT2D eigenvalue weighted by Gasteiger charge is -2.14. The van der Waals surface area contributed by atoms with Crippen LogP contribution in [0.25, 0.3) is 0 Å². The molecule has 25 heavy (non-hydrogen) atoms. The van der Waals surface area contributed by atoms with Crippen LogP contribution in [0.3, 0.4) is 0 Å². The number of anilines is 1. The zero-order valence-electron chi connectivity index (χ0n) is 14.4. The van der Waals surface area contributed by atoms with Crippen LogP contribution >= 0.6 is 0 Å². The van der Waals surface area contributed by atoms with Crippen molar-refractivity contribution in [1.29, 1.82) is 0 Å². The molecule has 134 valence electrons. The zero-order chi connectivity index (χ0) is 17.6. The van der Waals surface area contributed by atoms with E-state index in [2.05, 4.69) is 20.8 Å². The molecule has 1 aliphatic rings. The second-order valence-corrected chi connectivity index (χ2v) is 6.40. The molecule has 1 aromatic carbocycles. The summed E-state index contributed by atoms with van der Waals surface area (Å²) >= 11 is 0. The molecule has 0 spiro atoms. The molecule has 1 atom stereocenters. The van der Waals surface area contributed by atoms with Gasteiger partial charge in [-0.05, 0) is 37.0 Å². The van der Waals surface area contributed by atoms with E-state index in [4.69, 9.17) is 9.63 Å². The fourth-order valence-electron chi connectivity index (χ4n) is 2.51. The Labute approximate surface area is 146 Å². The van der Waals surface area contributed by atoms with Crippen molar-refractivity contribution in [2.24, 2.45) is 0 Å². The second kappa shape index (κ2) is 8.11. The van der Waals surface area contributed by atoms with Crippen molar-refractivity contribution in [1.82, 2.24) is 15.5 Å². The van der Waals surface area contributed by atoms with E-state index in [1.54, 1.807) is 0 Å². The number of hydrogen-bond donors (Lipinski definition) is 3. The Morgan fingerprint density at radius 3 is 2.76 bits per heavy atom. The number of benzene rings is 1. The molecule has 3 rings (SSSR count). The highest BCUT2D eigenvalue weighted by Gasteiger charge is 2.28. The SMILES string of the molecule is CCC(CO)NC(=O)Cc1ccc(NCc2nc(C3CC3)no2)cc1. The van der Waals surface area contributed by atoms with Crippen LogP contribution in [0.2, 0.25) is 0 Å². The number of carbonyl (C=O) groups excluding carboxylic acids is 1. The molecule has 0 saturated heterocycles. The molecule has 7 nitrogen and oxygen atoms in total. The number of nitrogens with one attached hydrogen (secondary N) is 2. The number of aliphatic hydroxyl groups excluding tert-OH is 1. The van der Waals surface area contributed by atoms with Crippen LogP contribution in [0.4, 0.5) is 5.69 Å². The Morgan fingerprint density at radius 1 is 1.36 bits per heavy atom. The summed E-state index contributed by atoms with van der Waals surface area (Å²) < 4.78 is 5.23. The number of aromatic nitrogens is 2. The Bertz CT molecular complexity index is 691. The number of aliphatic hydroxyl groups is 1. The van der Waals surface area contributed by atoms with Crippen LogP contribution in [0.1, 0.15) is 49.4 Å². The number of rotatable bonds is 9. The topological polar surface area (TPSA) is 100 Å². The van der Waals surface area contributed by atoms with Crippen molar-refractivity contribution in [2.45, 2.75) is 51.1 Å². The standard InChI is InChI=1S/C18H24N4O3/c1-2-14(11-23)20-16(24)9-12-3-7-15(8-4-12)19-10-17-21-18(22-25-17)13-5-6-13/h3-4,7-8,13-14,19,23H,2,5-6,9-11H2,1H3,(H,20,24). The maximum absolute atomic E-state index is 11.9. The number of nitrogens with zero attached hydrogens (tertiary/aromatic N) is 2. The summed E-state index contributed by atoms with van der Waals surface area (Å²) in [5, 5.41) is 19.2. The Kier molecular flexibility index (Phi) is 5.65. The fourth-order valence-corrected chi connectivity index (χ4v) is 2.51. The minimum atomic E-state index is -0.177. The second-order valence-electron chi connectivity index (χ2n) is 6.40. The summed E-state index contributed by atoms with van der Waals surface area (Å²) in [5.41, 5.74) is 1.85. The largest absolute Gasteiger partial charge is 0.394 e. The van der Waals surface area contributed by atoms with Crippen LogP contribution in [0, 0.1) is 0 Å². The van der Waals surface area contributed by atoms with Gasteiger partial charge in [-0.2, -0.15) is 4.98 Å². The maximum atomic E-state index is 11.9. The lowest BCUT2D eigenvalue weighted by atomic mass is 10.1. The molecule has 1 aliphatic carbocycles. The smallest absolute Gasteiger partial charge is 0.245 e. The van der Waals surface area contributed by atoms with Gasteiger partial charge < -0.3 is 20.3 Å². The van der Waals surface area contributed by atoms with Crippen LogP contribution in [-0.4, -0.2) is 33.8 Å². The fraction of sp³-hybridized carbons (Fsp3) is 0.500. The van der Waals surface area contributed by atoms with Gasteiger partial charge in [0.05, 0.1) is 25.6 Å². The molecule has 0 bridgehead atoms. The average Bonchev–Trinajstić information content (AvgIpc) is 3.37. The molecule has 1 unspecified atom stereocenters. The van der Waals surface area contributed by atoms with E-state index in [-0.39, 0.29) is 18.6 Å². The first-order valence-electron chi connectivity index (χ1n) is 8.73. The van der Waals surface area contributed by atoms with E-state index in [0.717, 1.165) is 29.9 Å². The van der Waals surface area contributed by atoms with Gasteiger partial charge in [0.2, 0.25) is 11.8 Å². The van der Waals surface area contributed by atoms with E-state index in [0.29, 0.717) is 31.2 Å². The summed E-state index contributed by atoms with van der Waals surface area (Å²) in [6, 6.07) is 7.48. The Balaban J connectivity index is 1.47. The minimum Gasteiger partial charge on any atom is -0.394 e. The molecular formula is C18H24N4O3. The van der Waals surface area contributed by atoms with Crippen molar-refractivity contribution < 1.29 is 14.4 Å². The molecule has 1 saturated carbocycles. The summed E-state index contributed by atoms with van der Waals surface area (Å²) in [6.45, 7) is 2.37. The predicted molar refractivity (Wildman–Crippen MR) is 93.1 cm³/mol. The molecule has 7 heteroatoms. The summed E-state index contributed by atoms with van der Waals surface area (Å²) in [5.74, 6) is 1.80. The maximum Gasteiger partial charge on any atom is 0.245 e. The first-order valence-corrected chi connectivity index (χ1v) is 8.73. The van der Waals surface area contributed by atoms with Crippen molar-refractivity contribution >= 4 is 11.6 Å². The van der Waals surface area contributed by atoms with Gasteiger partial charge in [-0.3, -0.25) is 4.79 Å². The summed E-state index contributed by atoms with van der Waals surface area (Å²) in [6.07, 6.45) is 3.31. The highest BCUT2D eigenvalue weighted by molar-refractivity contribution is 5.79. The molecule has 0 aliphatic heterocycles. The summed E-state index contributed by atoms with van der Waals surface area (Å²) in [4.78, 5) is 16.3. The normalized spacial score (nSPS) is 15.0. The monoisotopic (exact) mass is 344 g/mol. The zero-order valence-corrected chi connectivity index (χ0v) is 14.4. The van der Waals surface area contributed by atoms with Gasteiger partial charge in [-0.25, -0.2) is 0 Å². The van der Waals surface area contributed by atoms with Gasteiger partial charge in [-0.1, -0.05) is 24.2 Å². The number of carbonyl (C=O) groups is 1. The van der Waals surface area contributed by atoms with Crippen molar-refractivity contribution in [3.63, 3.8) is 0 Å². The molecule has 1 amide bonds. The van der Waals surface area contributed by atoms with Crippen LogP contribution in [-0.2, 0) is 17.8 Å². The molecule has 1 fully saturated rings. The lowest BCUT2D eigenvalue weighted by Crippen LogP contribution is -2.37. The first kappa shape index (κ1) is 17.4. The molecule has 2 aromatic rings. The van der Waals surface area contributed by atoms with Crippen molar-refractivity contribution in [3.05, 3.63) is 41.5 Å². The quantitative estimate of drug-likeness (QED) is 0.643. The van der Waals surface area contributed by atoms with E-state index < -0.39 is 0 Å². The third-order valence-corrected chi connectivity index (χ3v) is 4.27. The molecule has 1 aromatic heterocycles. The number of hydrogen-bond acceptors (Lipinski definition) is 6. The first-order chi connectivity index (χ1) is 12.2. The Hall–Kier alpha value is -2.41. The molecule has 0 radical (unpaired) electrons. The van der Waals surface area contributed by atoms with Gasteiger partial charge in [0.25, 0.3) is 0 Å². The highest BCUT2D eigenvalue weighted by atomic mass is 16.5. The van der Waals surface area contributed by atoms with Crippen molar-refractivity contribution in [3.8, 4) is 0 Å². The van der Waals surface area contributed by atoms with E-state index in [1.807, 2.05) is 31.2 Å². The van der Waals surface area contributed by atoms with Gasteiger partial charge in [0, 0.05) is 11.6 Å². The van der Waals surface area contributed by atoms with Crippen molar-refractivity contribution in [2.75, 3.05) is 11.9 Å². The minimum absolute atomic E-state index is 0.0385. The molecule has 3 N–H and O–H groups in total. The van der Waals surface area contributed by atoms with Gasteiger partial charge >= 0.3 is 0 Å². The molecular weight excluding hydrogens is 320 g/mol. The molecule has 1 heterocycles. The third-order valence-electron chi connectivity index (χ3n) is 4.27. The third kappa shape index (κ3) is 5.03. The Morgan fingerprint density at radius 2 is 2.12 bits per heavy atom. The number of amides is 1. The van der Waals surface area contributed by atoms with E-state index in [1.165, 1.54) is 0 Å². The average molecular weight is 344 g/mol. The van der Waals surface area contributed by atoms with Gasteiger partial charge in [0.15, 0.2) is 5.82 Å². The van der Waals surface area contributed by atoms with Gasteiger partial charge in [0.1, 0.15) is 0 Å². The van der Waals surface area contributed by atoms with Crippen LogP contribution in [0.5, 0.6) is 0 Å². The lowest BCUT2D eigenvalue weighted by molar-refractivity contribution is -0.121. The van der Waals surface area contributed by atoms with Crippen LogP contribution in [0.15, 0.2) is 28.8 Å². The van der Waals surface area contributed by atoms with Gasteiger partial charge in [-0.15, -0.1) is 0 Å². The van der Waals surface area contributed by atoms with Crippen LogP contribution < -0.4 is 10.6 Å².